The molecule has 1 atom stereocenters. The van der Waals surface area contributed by atoms with Gasteiger partial charge >= 0.3 is 18.3 Å². The van der Waals surface area contributed by atoms with Crippen LogP contribution in [0.5, 0.6) is 0 Å². The second kappa shape index (κ2) is 8.99. The molecular formula is C20H15F6N3O3. The van der Waals surface area contributed by atoms with Crippen molar-refractivity contribution < 1.29 is 36.0 Å². The van der Waals surface area contributed by atoms with Crippen LogP contribution in [0.15, 0.2) is 60.9 Å². The van der Waals surface area contributed by atoms with Gasteiger partial charge in [0.2, 0.25) is 0 Å². The molecule has 1 heterocycles. The molecule has 0 amide bonds. The van der Waals surface area contributed by atoms with Gasteiger partial charge in [-0.1, -0.05) is 35.3 Å². The summed E-state index contributed by atoms with van der Waals surface area (Å²) in [6, 6.07) is 8.77. The number of nitrogens with zero attached hydrogens (tertiary/aromatic N) is 3. The lowest BCUT2D eigenvalue weighted by atomic mass is 10.0. The number of alkyl halides is 6. The maximum Gasteiger partial charge on any atom is 0.435 e. The van der Waals surface area contributed by atoms with Gasteiger partial charge in [0.05, 0.1) is 24.3 Å². The van der Waals surface area contributed by atoms with E-state index in [4.69, 9.17) is 4.74 Å². The Bertz CT molecular complexity index is 1050. The van der Waals surface area contributed by atoms with Crippen molar-refractivity contribution in [1.82, 2.24) is 9.55 Å². The third kappa shape index (κ3) is 5.44. The first-order chi connectivity index (χ1) is 15.0. The van der Waals surface area contributed by atoms with Crippen LogP contribution in [0.1, 0.15) is 28.3 Å². The van der Waals surface area contributed by atoms with Gasteiger partial charge in [-0.25, -0.2) is 4.57 Å². The predicted octanol–water partition coefficient (Wildman–Crippen LogP) is 5.64. The van der Waals surface area contributed by atoms with Crippen LogP contribution in [0.25, 0.3) is 0 Å². The van der Waals surface area contributed by atoms with Crippen molar-refractivity contribution in [2.45, 2.75) is 25.0 Å². The Balaban J connectivity index is 1.86. The molecule has 0 N–H and O–H groups in total. The largest absolute Gasteiger partial charge is 0.435 e. The summed E-state index contributed by atoms with van der Waals surface area (Å²) in [6.07, 6.45) is -7.40. The molecule has 3 aromatic rings. The van der Waals surface area contributed by atoms with Crippen molar-refractivity contribution in [1.29, 1.82) is 0 Å². The lowest BCUT2D eigenvalue weighted by Crippen LogP contribution is -2.18. The highest BCUT2D eigenvalue weighted by Gasteiger charge is 2.37. The average Bonchev–Trinajstić information content (AvgIpc) is 3.20. The molecule has 0 aliphatic carbocycles. The van der Waals surface area contributed by atoms with Gasteiger partial charge in [-0.05, 0) is 34.2 Å². The van der Waals surface area contributed by atoms with E-state index in [1.165, 1.54) is 17.0 Å². The zero-order chi connectivity index (χ0) is 23.5. The first kappa shape index (κ1) is 23.3. The zero-order valence-corrected chi connectivity index (χ0v) is 16.1. The van der Waals surface area contributed by atoms with Crippen LogP contribution in [0.2, 0.25) is 0 Å². The van der Waals surface area contributed by atoms with Gasteiger partial charge in [0, 0.05) is 0 Å². The summed E-state index contributed by atoms with van der Waals surface area (Å²) in [7, 11) is 0. The summed E-state index contributed by atoms with van der Waals surface area (Å²) < 4.78 is 84.8. The fraction of sp³-hybridized carbons (Fsp3) is 0.250. The monoisotopic (exact) mass is 459 g/mol. The van der Waals surface area contributed by atoms with E-state index in [-0.39, 0.29) is 18.2 Å². The number of benzene rings is 2. The molecule has 0 bridgehead atoms. The van der Waals surface area contributed by atoms with Gasteiger partial charge in [0.1, 0.15) is 18.4 Å². The SMILES string of the molecule is O=[N+]([O-])c1nccn1C(COCc1cc(C(F)(F)F)cc(C(F)(F)F)c1)c1ccccc1. The van der Waals surface area contributed by atoms with E-state index in [0.29, 0.717) is 17.7 Å². The molecule has 0 fully saturated rings. The van der Waals surface area contributed by atoms with Crippen LogP contribution in [0.3, 0.4) is 0 Å². The Hall–Kier alpha value is -3.41. The number of ether oxygens (including phenoxy) is 1. The number of hydrogen-bond donors (Lipinski definition) is 0. The molecule has 1 aromatic heterocycles. The fourth-order valence-electron chi connectivity index (χ4n) is 3.09. The van der Waals surface area contributed by atoms with Gasteiger partial charge in [0.25, 0.3) is 0 Å². The molecule has 3 rings (SSSR count). The molecule has 0 saturated heterocycles. The van der Waals surface area contributed by atoms with E-state index < -0.39 is 47.0 Å². The van der Waals surface area contributed by atoms with Gasteiger partial charge in [-0.3, -0.25) is 0 Å². The quantitative estimate of drug-likeness (QED) is 0.261. The van der Waals surface area contributed by atoms with Crippen molar-refractivity contribution in [2.24, 2.45) is 0 Å². The van der Waals surface area contributed by atoms with E-state index in [1.807, 2.05) is 0 Å². The van der Waals surface area contributed by atoms with E-state index in [2.05, 4.69) is 4.98 Å². The molecule has 0 radical (unpaired) electrons. The normalized spacial score (nSPS) is 13.2. The summed E-state index contributed by atoms with van der Waals surface area (Å²) in [5, 5.41) is 11.2. The van der Waals surface area contributed by atoms with Gasteiger partial charge in [0.15, 0.2) is 0 Å². The summed E-state index contributed by atoms with van der Waals surface area (Å²) in [6.45, 7) is -0.836. The lowest BCUT2D eigenvalue weighted by molar-refractivity contribution is -0.397. The average molecular weight is 459 g/mol. The Morgan fingerprint density at radius 2 is 1.59 bits per heavy atom. The summed E-state index contributed by atoms with van der Waals surface area (Å²) in [5.41, 5.74) is -2.65. The first-order valence-corrected chi connectivity index (χ1v) is 9.05. The zero-order valence-electron chi connectivity index (χ0n) is 16.1. The van der Waals surface area contributed by atoms with Crippen molar-refractivity contribution in [3.05, 3.63) is 93.3 Å². The summed E-state index contributed by atoms with van der Waals surface area (Å²) in [4.78, 5) is 14.2. The van der Waals surface area contributed by atoms with E-state index >= 15 is 0 Å². The molecule has 0 aliphatic rings. The first-order valence-electron chi connectivity index (χ1n) is 9.05. The van der Waals surface area contributed by atoms with Crippen LogP contribution in [-0.2, 0) is 23.7 Å². The molecule has 0 aliphatic heterocycles. The minimum Gasteiger partial charge on any atom is -0.390 e. The molecule has 170 valence electrons. The van der Waals surface area contributed by atoms with Gasteiger partial charge in [-0.15, -0.1) is 0 Å². The third-order valence-electron chi connectivity index (χ3n) is 4.52. The fourth-order valence-corrected chi connectivity index (χ4v) is 3.09. The number of rotatable bonds is 7. The van der Waals surface area contributed by atoms with Crippen LogP contribution < -0.4 is 0 Å². The van der Waals surface area contributed by atoms with E-state index in [1.54, 1.807) is 30.3 Å². The highest BCUT2D eigenvalue weighted by molar-refractivity contribution is 5.33. The topological polar surface area (TPSA) is 70.2 Å². The molecule has 6 nitrogen and oxygen atoms in total. The Labute approximate surface area is 177 Å². The van der Waals surface area contributed by atoms with Crippen molar-refractivity contribution in [3.8, 4) is 0 Å². The third-order valence-corrected chi connectivity index (χ3v) is 4.52. The smallest absolute Gasteiger partial charge is 0.390 e. The molecular weight excluding hydrogens is 444 g/mol. The predicted molar refractivity (Wildman–Crippen MR) is 99.6 cm³/mol. The highest BCUT2D eigenvalue weighted by atomic mass is 19.4. The summed E-state index contributed by atoms with van der Waals surface area (Å²) >= 11 is 0. The molecule has 12 heteroatoms. The maximum absolute atomic E-state index is 13.0. The maximum atomic E-state index is 13.0. The van der Waals surface area contributed by atoms with Crippen LogP contribution in [0, 0.1) is 10.1 Å². The number of nitro groups is 1. The molecule has 0 spiro atoms. The Morgan fingerprint density at radius 3 is 2.12 bits per heavy atom. The van der Waals surface area contributed by atoms with Gasteiger partial charge in [-0.2, -0.15) is 26.3 Å². The number of halogens is 6. The van der Waals surface area contributed by atoms with Crippen molar-refractivity contribution in [3.63, 3.8) is 0 Å². The minimum atomic E-state index is -4.97. The number of aromatic nitrogens is 2. The second-order valence-electron chi connectivity index (χ2n) is 6.75. The van der Waals surface area contributed by atoms with Gasteiger partial charge < -0.3 is 14.9 Å². The van der Waals surface area contributed by atoms with E-state index in [0.717, 1.165) is 0 Å². The standard InChI is InChI=1S/C20H15F6N3O3/c21-19(22,23)15-8-13(9-16(10-15)20(24,25)26)11-32-12-17(14-4-2-1-3-5-14)28-7-6-27-18(28)29(30)31/h1-10,17H,11-12H2. The minimum absolute atomic E-state index is 0.0329. The Morgan fingerprint density at radius 1 is 1.00 bits per heavy atom. The van der Waals surface area contributed by atoms with Crippen LogP contribution >= 0.6 is 0 Å². The Kier molecular flexibility index (Phi) is 6.53. The summed E-state index contributed by atoms with van der Waals surface area (Å²) in [5.74, 6) is -0.485. The molecule has 0 saturated carbocycles. The van der Waals surface area contributed by atoms with E-state index in [9.17, 15) is 36.5 Å². The van der Waals surface area contributed by atoms with Crippen molar-refractivity contribution in [2.75, 3.05) is 6.61 Å². The number of hydrogen-bond acceptors (Lipinski definition) is 4. The molecule has 2 aromatic carbocycles. The molecule has 1 unspecified atom stereocenters. The van der Waals surface area contributed by atoms with Crippen LogP contribution in [0.4, 0.5) is 32.3 Å². The number of imidazole rings is 1. The van der Waals surface area contributed by atoms with Crippen LogP contribution in [-0.4, -0.2) is 21.1 Å². The lowest BCUT2D eigenvalue weighted by Gasteiger charge is -2.18. The van der Waals surface area contributed by atoms with Crippen molar-refractivity contribution >= 4 is 5.95 Å². The second-order valence-corrected chi connectivity index (χ2v) is 6.75. The highest BCUT2D eigenvalue weighted by Crippen LogP contribution is 2.36. The molecule has 32 heavy (non-hydrogen) atoms.